The molecule has 0 saturated carbocycles. The molecule has 25 heavy (non-hydrogen) atoms. The Labute approximate surface area is 155 Å². The van der Waals surface area contributed by atoms with Gasteiger partial charge >= 0.3 is 0 Å². The van der Waals surface area contributed by atoms with E-state index in [2.05, 4.69) is 17.6 Å². The average molecular weight is 356 g/mol. The topological polar surface area (TPSA) is 73.6 Å². The molecule has 4 nitrogen and oxygen atoms in total. The van der Waals surface area contributed by atoms with Crippen molar-refractivity contribution in [2.45, 2.75) is 25.2 Å². The van der Waals surface area contributed by atoms with Crippen LogP contribution in [0.25, 0.3) is 5.70 Å². The summed E-state index contributed by atoms with van der Waals surface area (Å²) in [5.41, 5.74) is 17.0. The molecule has 4 N–H and O–H groups in total. The number of benzene rings is 2. The van der Waals surface area contributed by atoms with E-state index in [0.29, 0.717) is 18.1 Å². The third-order valence-electron chi connectivity index (χ3n) is 3.99. The van der Waals surface area contributed by atoms with Gasteiger partial charge in [0.25, 0.3) is 0 Å². The lowest BCUT2D eigenvalue weighted by Gasteiger charge is -2.11. The van der Waals surface area contributed by atoms with Crippen molar-refractivity contribution in [1.29, 1.82) is 0 Å². The standard InChI is InChI=1S/C20H25N3OS/c1-13-11-19(24-3)14(2)10-17(13)18(21)12-20(22)23-9-8-15-4-6-16(25)7-5-15/h4-7,10-12,25H,8-9,21H2,1-3H3,(H2,22,23)/b18-12-. The van der Waals surface area contributed by atoms with Crippen LogP contribution < -0.4 is 16.2 Å². The fourth-order valence-electron chi connectivity index (χ4n) is 2.58. The molecule has 0 aliphatic rings. The molecule has 0 saturated heterocycles. The molecule has 0 aliphatic carbocycles. The lowest BCUT2D eigenvalue weighted by Crippen LogP contribution is -2.13. The zero-order chi connectivity index (χ0) is 18.4. The van der Waals surface area contributed by atoms with Gasteiger partial charge in [-0.15, -0.1) is 12.6 Å². The number of hydrogen-bond acceptors (Lipinski definition) is 4. The summed E-state index contributed by atoms with van der Waals surface area (Å²) in [5.74, 6) is 1.28. The van der Waals surface area contributed by atoms with E-state index in [4.69, 9.17) is 16.2 Å². The van der Waals surface area contributed by atoms with Crippen LogP contribution in [0.1, 0.15) is 22.3 Å². The van der Waals surface area contributed by atoms with Crippen LogP contribution in [-0.4, -0.2) is 19.5 Å². The zero-order valence-electron chi connectivity index (χ0n) is 14.9. The molecule has 0 aliphatic heterocycles. The fraction of sp³-hybridized carbons (Fsp3) is 0.250. The van der Waals surface area contributed by atoms with E-state index in [-0.39, 0.29) is 0 Å². The number of rotatable bonds is 6. The third-order valence-corrected chi connectivity index (χ3v) is 4.29. The first-order valence-corrected chi connectivity index (χ1v) is 8.56. The number of aryl methyl sites for hydroxylation is 2. The minimum absolute atomic E-state index is 0.427. The summed E-state index contributed by atoms with van der Waals surface area (Å²) in [6.07, 6.45) is 2.54. The molecule has 0 atom stereocenters. The Bertz CT molecular complexity index is 795. The highest BCUT2D eigenvalue weighted by atomic mass is 32.1. The van der Waals surface area contributed by atoms with Gasteiger partial charge in [0.05, 0.1) is 7.11 Å². The zero-order valence-corrected chi connectivity index (χ0v) is 15.8. The van der Waals surface area contributed by atoms with Crippen molar-refractivity contribution in [2.24, 2.45) is 16.5 Å². The van der Waals surface area contributed by atoms with Crippen LogP contribution in [0.2, 0.25) is 0 Å². The predicted octanol–water partition coefficient (Wildman–Crippen LogP) is 3.50. The summed E-state index contributed by atoms with van der Waals surface area (Å²) in [5, 5.41) is 0. The van der Waals surface area contributed by atoms with Gasteiger partial charge in [0.15, 0.2) is 0 Å². The molecular formula is C20H25N3OS. The van der Waals surface area contributed by atoms with Gasteiger partial charge in [-0.25, -0.2) is 0 Å². The SMILES string of the molecule is COc1cc(C)c(/C(N)=C/C(N)=NCCc2ccc(S)cc2)cc1C. The molecule has 0 aromatic heterocycles. The number of amidine groups is 1. The molecule has 0 bridgehead atoms. The van der Waals surface area contributed by atoms with E-state index in [0.717, 1.165) is 33.8 Å². The Kier molecular flexibility index (Phi) is 6.53. The van der Waals surface area contributed by atoms with E-state index in [9.17, 15) is 0 Å². The van der Waals surface area contributed by atoms with E-state index < -0.39 is 0 Å². The molecule has 0 unspecified atom stereocenters. The number of methoxy groups -OCH3 is 1. The van der Waals surface area contributed by atoms with Crippen LogP contribution in [0.3, 0.4) is 0 Å². The Morgan fingerprint density at radius 1 is 1.12 bits per heavy atom. The summed E-state index contributed by atoms with van der Waals surface area (Å²) in [6.45, 7) is 4.60. The van der Waals surface area contributed by atoms with Gasteiger partial charge in [-0.3, -0.25) is 4.99 Å². The van der Waals surface area contributed by atoms with E-state index in [1.54, 1.807) is 13.2 Å². The monoisotopic (exact) mass is 355 g/mol. The predicted molar refractivity (Wildman–Crippen MR) is 109 cm³/mol. The summed E-state index contributed by atoms with van der Waals surface area (Å²) in [4.78, 5) is 5.34. The van der Waals surface area contributed by atoms with E-state index >= 15 is 0 Å². The van der Waals surface area contributed by atoms with Crippen LogP contribution in [0, 0.1) is 13.8 Å². The van der Waals surface area contributed by atoms with Gasteiger partial charge in [-0.2, -0.15) is 0 Å². The second kappa shape index (κ2) is 8.62. The number of nitrogens with zero attached hydrogens (tertiary/aromatic N) is 1. The van der Waals surface area contributed by atoms with Crippen molar-refractivity contribution < 1.29 is 4.74 Å². The summed E-state index contributed by atoms with van der Waals surface area (Å²) < 4.78 is 5.33. The second-order valence-electron chi connectivity index (χ2n) is 5.96. The molecule has 132 valence electrons. The smallest absolute Gasteiger partial charge is 0.122 e. The van der Waals surface area contributed by atoms with Gasteiger partial charge in [0.2, 0.25) is 0 Å². The Morgan fingerprint density at radius 2 is 1.80 bits per heavy atom. The highest BCUT2D eigenvalue weighted by molar-refractivity contribution is 7.80. The molecule has 2 aromatic rings. The van der Waals surface area contributed by atoms with Crippen LogP contribution in [0.5, 0.6) is 5.75 Å². The van der Waals surface area contributed by atoms with Crippen molar-refractivity contribution in [2.75, 3.05) is 13.7 Å². The quantitative estimate of drug-likeness (QED) is 0.422. The van der Waals surface area contributed by atoms with Gasteiger partial charge in [-0.1, -0.05) is 12.1 Å². The molecular weight excluding hydrogens is 330 g/mol. The maximum atomic E-state index is 6.21. The molecule has 0 radical (unpaired) electrons. The molecule has 0 heterocycles. The van der Waals surface area contributed by atoms with Gasteiger partial charge in [0, 0.05) is 28.8 Å². The lowest BCUT2D eigenvalue weighted by atomic mass is 10.0. The van der Waals surface area contributed by atoms with Crippen molar-refractivity contribution in [1.82, 2.24) is 0 Å². The van der Waals surface area contributed by atoms with Gasteiger partial charge in [-0.05, 0) is 61.2 Å². The summed E-state index contributed by atoms with van der Waals surface area (Å²) >= 11 is 4.28. The Balaban J connectivity index is 2.07. The molecule has 2 aromatic carbocycles. The van der Waals surface area contributed by atoms with Gasteiger partial charge < -0.3 is 16.2 Å². The number of hydrogen-bond donors (Lipinski definition) is 3. The third kappa shape index (κ3) is 5.29. The first kappa shape index (κ1) is 18.9. The molecule has 5 heteroatoms. The van der Waals surface area contributed by atoms with Crippen LogP contribution in [0.4, 0.5) is 0 Å². The van der Waals surface area contributed by atoms with Crippen molar-refractivity contribution in [3.8, 4) is 5.75 Å². The summed E-state index contributed by atoms with van der Waals surface area (Å²) in [7, 11) is 1.66. The maximum Gasteiger partial charge on any atom is 0.122 e. The largest absolute Gasteiger partial charge is 0.496 e. The average Bonchev–Trinajstić information content (AvgIpc) is 2.58. The Morgan fingerprint density at radius 3 is 2.44 bits per heavy atom. The highest BCUT2D eigenvalue weighted by Crippen LogP contribution is 2.25. The number of ether oxygens (including phenoxy) is 1. The number of thiol groups is 1. The molecule has 0 fully saturated rings. The fourth-order valence-corrected chi connectivity index (χ4v) is 2.73. The number of aliphatic imine (C=N–C) groups is 1. The normalized spacial score (nSPS) is 12.3. The van der Waals surface area contributed by atoms with Gasteiger partial charge in [0.1, 0.15) is 11.6 Å². The molecule has 0 spiro atoms. The minimum Gasteiger partial charge on any atom is -0.496 e. The van der Waals surface area contributed by atoms with Crippen LogP contribution in [-0.2, 0) is 6.42 Å². The summed E-state index contributed by atoms with van der Waals surface area (Å²) in [6, 6.07) is 12.0. The first-order valence-electron chi connectivity index (χ1n) is 8.11. The molecule has 2 rings (SSSR count). The lowest BCUT2D eigenvalue weighted by molar-refractivity contribution is 0.411. The highest BCUT2D eigenvalue weighted by Gasteiger charge is 2.07. The van der Waals surface area contributed by atoms with E-state index in [1.165, 1.54) is 5.56 Å². The Hall–Kier alpha value is -2.40. The molecule has 0 amide bonds. The minimum atomic E-state index is 0.427. The van der Waals surface area contributed by atoms with E-state index in [1.807, 2.05) is 50.2 Å². The van der Waals surface area contributed by atoms with Crippen LogP contribution in [0.15, 0.2) is 52.4 Å². The van der Waals surface area contributed by atoms with Crippen molar-refractivity contribution >= 4 is 24.2 Å². The van der Waals surface area contributed by atoms with Crippen LogP contribution >= 0.6 is 12.6 Å². The number of nitrogens with two attached hydrogens (primary N) is 2. The van der Waals surface area contributed by atoms with Crippen molar-refractivity contribution in [3.63, 3.8) is 0 Å². The maximum absolute atomic E-state index is 6.21. The van der Waals surface area contributed by atoms with Crippen molar-refractivity contribution in [3.05, 3.63) is 64.7 Å². The second-order valence-corrected chi connectivity index (χ2v) is 6.48. The first-order chi connectivity index (χ1) is 11.9.